The number of carbonyl (C=O) groups is 1. The van der Waals surface area contributed by atoms with Crippen LogP contribution in [0.15, 0.2) is 36.7 Å². The molecule has 24 heavy (non-hydrogen) atoms. The molecule has 6 heteroatoms. The van der Waals surface area contributed by atoms with Crippen LogP contribution >= 0.6 is 11.3 Å². The fourth-order valence-corrected chi connectivity index (χ4v) is 3.53. The molecule has 0 aliphatic rings. The minimum Gasteiger partial charge on any atom is -0.397 e. The second-order valence-electron chi connectivity index (χ2n) is 6.14. The lowest BCUT2D eigenvalue weighted by atomic mass is 10.1. The second-order valence-corrected chi connectivity index (χ2v) is 7.14. The summed E-state index contributed by atoms with van der Waals surface area (Å²) in [5, 5.41) is 3.73. The van der Waals surface area contributed by atoms with Crippen molar-refractivity contribution in [2.75, 3.05) is 5.73 Å². The number of nitrogens with one attached hydrogen (secondary N) is 1. The van der Waals surface area contributed by atoms with Crippen LogP contribution in [-0.2, 0) is 13.0 Å². The molecule has 3 aromatic rings. The van der Waals surface area contributed by atoms with Gasteiger partial charge in [0.2, 0.25) is 0 Å². The Balaban J connectivity index is 1.80. The molecule has 124 valence electrons. The van der Waals surface area contributed by atoms with Gasteiger partial charge in [-0.05, 0) is 36.1 Å². The van der Waals surface area contributed by atoms with Crippen LogP contribution < -0.4 is 11.1 Å². The summed E-state index contributed by atoms with van der Waals surface area (Å²) >= 11 is 1.34. The van der Waals surface area contributed by atoms with Crippen molar-refractivity contribution in [2.45, 2.75) is 26.8 Å². The Morgan fingerprint density at radius 3 is 2.88 bits per heavy atom. The summed E-state index contributed by atoms with van der Waals surface area (Å²) in [4.78, 5) is 22.5. The molecule has 0 unspecified atom stereocenters. The number of amides is 1. The molecule has 3 rings (SSSR count). The number of thiophene rings is 1. The molecule has 3 aromatic heterocycles. The molecule has 0 atom stereocenters. The molecule has 0 aliphatic heterocycles. The smallest absolute Gasteiger partial charge is 0.263 e. The van der Waals surface area contributed by atoms with Crippen LogP contribution in [0.3, 0.4) is 0 Å². The predicted molar refractivity (Wildman–Crippen MR) is 98.0 cm³/mol. The fourth-order valence-electron chi connectivity index (χ4n) is 2.50. The molecule has 3 heterocycles. The number of hydrogen-bond donors (Lipinski definition) is 2. The quantitative estimate of drug-likeness (QED) is 0.746. The van der Waals surface area contributed by atoms with E-state index < -0.39 is 0 Å². The minimum absolute atomic E-state index is 0.176. The molecule has 0 aliphatic carbocycles. The topological polar surface area (TPSA) is 80.9 Å². The van der Waals surface area contributed by atoms with Crippen molar-refractivity contribution < 1.29 is 4.79 Å². The van der Waals surface area contributed by atoms with Crippen molar-refractivity contribution in [1.29, 1.82) is 0 Å². The third-order valence-electron chi connectivity index (χ3n) is 3.65. The lowest BCUT2D eigenvalue weighted by molar-refractivity contribution is 0.0956. The summed E-state index contributed by atoms with van der Waals surface area (Å²) in [6, 6.07) is 7.71. The lowest BCUT2D eigenvalue weighted by Gasteiger charge is -2.04. The number of nitrogens with two attached hydrogens (primary N) is 1. The highest BCUT2D eigenvalue weighted by molar-refractivity contribution is 7.21. The van der Waals surface area contributed by atoms with Gasteiger partial charge in [0, 0.05) is 30.0 Å². The molecule has 0 spiro atoms. The number of rotatable bonds is 5. The monoisotopic (exact) mass is 340 g/mol. The van der Waals surface area contributed by atoms with E-state index in [0.717, 1.165) is 27.9 Å². The van der Waals surface area contributed by atoms with Crippen LogP contribution in [0.1, 0.15) is 34.8 Å². The van der Waals surface area contributed by atoms with E-state index in [-0.39, 0.29) is 5.91 Å². The number of carbonyl (C=O) groups excluding carboxylic acids is 1. The summed E-state index contributed by atoms with van der Waals surface area (Å²) < 4.78 is 0. The zero-order chi connectivity index (χ0) is 17.1. The van der Waals surface area contributed by atoms with Crippen LogP contribution in [0.25, 0.3) is 10.2 Å². The minimum atomic E-state index is -0.176. The van der Waals surface area contributed by atoms with Crippen LogP contribution in [0.2, 0.25) is 0 Å². The number of hydrogen-bond acceptors (Lipinski definition) is 5. The van der Waals surface area contributed by atoms with Gasteiger partial charge < -0.3 is 11.1 Å². The number of aromatic nitrogens is 2. The van der Waals surface area contributed by atoms with E-state index in [2.05, 4.69) is 29.1 Å². The molecule has 5 nitrogen and oxygen atoms in total. The summed E-state index contributed by atoms with van der Waals surface area (Å²) in [5.74, 6) is 0.360. The third kappa shape index (κ3) is 3.54. The molecule has 0 radical (unpaired) electrons. The summed E-state index contributed by atoms with van der Waals surface area (Å²) in [6.45, 7) is 4.74. The van der Waals surface area contributed by atoms with E-state index in [1.165, 1.54) is 11.3 Å². The maximum atomic E-state index is 12.4. The SMILES string of the molecule is CC(C)Cc1ccc2c(N)c(C(=O)NCc3cccnc3)sc2n1. The number of fused-ring (bicyclic) bond motifs is 1. The largest absolute Gasteiger partial charge is 0.397 e. The van der Waals surface area contributed by atoms with E-state index in [0.29, 0.717) is 23.0 Å². The zero-order valence-corrected chi connectivity index (χ0v) is 14.6. The molecular weight excluding hydrogens is 320 g/mol. The highest BCUT2D eigenvalue weighted by Gasteiger charge is 2.17. The Morgan fingerprint density at radius 1 is 1.33 bits per heavy atom. The first kappa shape index (κ1) is 16.4. The van der Waals surface area contributed by atoms with E-state index in [1.54, 1.807) is 12.4 Å². The van der Waals surface area contributed by atoms with Gasteiger partial charge in [-0.3, -0.25) is 9.78 Å². The Bertz CT molecular complexity index is 858. The predicted octanol–water partition coefficient (Wildman–Crippen LogP) is 3.40. The second kappa shape index (κ2) is 6.97. The van der Waals surface area contributed by atoms with E-state index in [1.807, 2.05) is 24.3 Å². The first-order chi connectivity index (χ1) is 11.5. The Labute approximate surface area is 144 Å². The van der Waals surface area contributed by atoms with Crippen LogP contribution in [0.4, 0.5) is 5.69 Å². The van der Waals surface area contributed by atoms with E-state index in [4.69, 9.17) is 5.73 Å². The standard InChI is InChI=1S/C18H20N4OS/c1-11(2)8-13-5-6-14-15(19)16(24-18(14)22-13)17(23)21-10-12-4-3-7-20-9-12/h3-7,9,11H,8,10,19H2,1-2H3,(H,21,23). The van der Waals surface area contributed by atoms with Crippen molar-refractivity contribution in [3.8, 4) is 0 Å². The van der Waals surface area contributed by atoms with Crippen molar-refractivity contribution >= 4 is 33.1 Å². The van der Waals surface area contributed by atoms with Gasteiger partial charge in [-0.15, -0.1) is 11.3 Å². The highest BCUT2D eigenvalue weighted by Crippen LogP contribution is 2.32. The highest BCUT2D eigenvalue weighted by atomic mass is 32.1. The Hall–Kier alpha value is -2.47. The number of pyridine rings is 2. The van der Waals surface area contributed by atoms with Crippen LogP contribution in [0.5, 0.6) is 0 Å². The summed E-state index contributed by atoms with van der Waals surface area (Å²) in [5.41, 5.74) is 8.64. The number of nitrogens with zero attached hydrogens (tertiary/aromatic N) is 2. The first-order valence-electron chi connectivity index (χ1n) is 7.89. The van der Waals surface area contributed by atoms with Crippen molar-refractivity contribution in [3.05, 3.63) is 52.8 Å². The van der Waals surface area contributed by atoms with Gasteiger partial charge >= 0.3 is 0 Å². The molecular formula is C18H20N4OS. The lowest BCUT2D eigenvalue weighted by Crippen LogP contribution is -2.22. The molecule has 1 amide bonds. The van der Waals surface area contributed by atoms with Crippen molar-refractivity contribution in [3.63, 3.8) is 0 Å². The van der Waals surface area contributed by atoms with E-state index in [9.17, 15) is 4.79 Å². The van der Waals surface area contributed by atoms with Gasteiger partial charge in [-0.1, -0.05) is 19.9 Å². The molecule has 0 saturated carbocycles. The average Bonchev–Trinajstić information content (AvgIpc) is 2.89. The molecule has 0 saturated heterocycles. The van der Waals surface area contributed by atoms with Crippen LogP contribution in [-0.4, -0.2) is 15.9 Å². The van der Waals surface area contributed by atoms with Gasteiger partial charge in [-0.2, -0.15) is 0 Å². The fraction of sp³-hybridized carbons (Fsp3) is 0.278. The third-order valence-corrected chi connectivity index (χ3v) is 4.76. The molecule has 0 bridgehead atoms. The van der Waals surface area contributed by atoms with Crippen molar-refractivity contribution in [1.82, 2.24) is 15.3 Å². The maximum Gasteiger partial charge on any atom is 0.263 e. The summed E-state index contributed by atoms with van der Waals surface area (Å²) in [6.07, 6.45) is 4.35. The van der Waals surface area contributed by atoms with Gasteiger partial charge in [-0.25, -0.2) is 4.98 Å². The Kier molecular flexibility index (Phi) is 4.76. The van der Waals surface area contributed by atoms with Gasteiger partial charge in [0.25, 0.3) is 5.91 Å². The van der Waals surface area contributed by atoms with Crippen LogP contribution in [0, 0.1) is 5.92 Å². The first-order valence-corrected chi connectivity index (χ1v) is 8.71. The maximum absolute atomic E-state index is 12.4. The van der Waals surface area contributed by atoms with Gasteiger partial charge in [0.05, 0.1) is 5.69 Å². The number of anilines is 1. The molecule has 0 aromatic carbocycles. The average molecular weight is 340 g/mol. The van der Waals surface area contributed by atoms with Crippen molar-refractivity contribution in [2.24, 2.45) is 5.92 Å². The van der Waals surface area contributed by atoms with E-state index >= 15 is 0 Å². The number of nitrogen functional groups attached to an aromatic ring is 1. The van der Waals surface area contributed by atoms with Gasteiger partial charge in [0.1, 0.15) is 9.71 Å². The molecule has 0 fully saturated rings. The Morgan fingerprint density at radius 2 is 2.17 bits per heavy atom. The van der Waals surface area contributed by atoms with Gasteiger partial charge in [0.15, 0.2) is 0 Å². The normalized spacial score (nSPS) is 11.1. The summed E-state index contributed by atoms with van der Waals surface area (Å²) in [7, 11) is 0. The molecule has 3 N–H and O–H groups in total. The zero-order valence-electron chi connectivity index (χ0n) is 13.7.